The lowest BCUT2D eigenvalue weighted by molar-refractivity contribution is -0.663. The molecule has 3 fully saturated rings. The molecule has 6 nitrogen and oxygen atoms in total. The normalized spacial score (nSPS) is 34.7. The van der Waals surface area contributed by atoms with Gasteiger partial charge < -0.3 is 20.1 Å². The molecule has 1 amide bonds. The largest absolute Gasteiger partial charge is 0.355 e. The number of ether oxygens (including phenoxy) is 2. The van der Waals surface area contributed by atoms with E-state index in [1.165, 1.54) is 13.1 Å². The summed E-state index contributed by atoms with van der Waals surface area (Å²) in [5.74, 6) is 0.301. The van der Waals surface area contributed by atoms with Crippen LogP contribution in [0, 0.1) is 5.92 Å². The Labute approximate surface area is 120 Å². The van der Waals surface area contributed by atoms with Crippen LogP contribution in [-0.2, 0) is 14.3 Å². The summed E-state index contributed by atoms with van der Waals surface area (Å²) in [6, 6.07) is 0. The summed E-state index contributed by atoms with van der Waals surface area (Å²) < 4.78 is 11.0. The molecule has 3 rings (SSSR count). The van der Waals surface area contributed by atoms with Crippen LogP contribution in [-0.4, -0.2) is 69.1 Å². The van der Waals surface area contributed by atoms with E-state index in [4.69, 9.17) is 9.47 Å². The fourth-order valence-electron chi connectivity index (χ4n) is 3.43. The van der Waals surface area contributed by atoms with Crippen LogP contribution >= 0.6 is 0 Å². The van der Waals surface area contributed by atoms with Crippen molar-refractivity contribution in [3.63, 3.8) is 0 Å². The highest BCUT2D eigenvalue weighted by Gasteiger charge is 2.38. The first kappa shape index (κ1) is 14.3. The standard InChI is InChI=1S/C14H25N3O3/c18-14(16-5-8-17-6-3-15-4-7-17)11-1-2-12-13(9-11)20-10-19-12/h11-13,15H,1-10H2,(H,16,18)/p+1. The van der Waals surface area contributed by atoms with Gasteiger partial charge in [-0.25, -0.2) is 0 Å². The first-order valence-electron chi connectivity index (χ1n) is 7.88. The molecular weight excluding hydrogens is 258 g/mol. The SMILES string of the molecule is O=C(NCCN1CC[NH2+]CC1)C1CCC2OCOC2C1. The molecule has 2 aliphatic heterocycles. The van der Waals surface area contributed by atoms with Crippen LogP contribution in [0.2, 0.25) is 0 Å². The monoisotopic (exact) mass is 284 g/mol. The molecule has 0 spiro atoms. The predicted molar refractivity (Wildman–Crippen MR) is 73.1 cm³/mol. The number of piperazine rings is 1. The maximum atomic E-state index is 12.2. The average Bonchev–Trinajstić information content (AvgIpc) is 2.95. The van der Waals surface area contributed by atoms with Crippen molar-refractivity contribution in [2.75, 3.05) is 46.1 Å². The maximum Gasteiger partial charge on any atom is 0.223 e. The summed E-state index contributed by atoms with van der Waals surface area (Å²) in [6.45, 7) is 6.75. The molecule has 2 saturated heterocycles. The molecule has 2 heterocycles. The number of carbonyl (C=O) groups excluding carboxylic acids is 1. The molecule has 3 atom stereocenters. The Morgan fingerprint density at radius 2 is 2.00 bits per heavy atom. The van der Waals surface area contributed by atoms with Crippen LogP contribution in [0.5, 0.6) is 0 Å². The van der Waals surface area contributed by atoms with Crippen molar-refractivity contribution in [2.24, 2.45) is 5.92 Å². The molecule has 1 aliphatic carbocycles. The Morgan fingerprint density at radius 3 is 2.85 bits per heavy atom. The van der Waals surface area contributed by atoms with Crippen molar-refractivity contribution in [3.8, 4) is 0 Å². The van der Waals surface area contributed by atoms with E-state index in [0.717, 1.165) is 45.4 Å². The van der Waals surface area contributed by atoms with Gasteiger partial charge >= 0.3 is 0 Å². The molecular formula is C14H26N3O3+. The van der Waals surface area contributed by atoms with E-state index in [-0.39, 0.29) is 24.0 Å². The molecule has 0 radical (unpaired) electrons. The number of carbonyl (C=O) groups is 1. The van der Waals surface area contributed by atoms with Crippen LogP contribution in [0.25, 0.3) is 0 Å². The minimum atomic E-state index is 0.104. The Bertz CT molecular complexity index is 334. The molecule has 0 aromatic heterocycles. The topological polar surface area (TPSA) is 67.4 Å². The van der Waals surface area contributed by atoms with Crippen molar-refractivity contribution in [3.05, 3.63) is 0 Å². The second kappa shape index (κ2) is 6.85. The zero-order chi connectivity index (χ0) is 13.8. The lowest BCUT2D eigenvalue weighted by Crippen LogP contribution is -2.89. The lowest BCUT2D eigenvalue weighted by Gasteiger charge is -2.29. The summed E-state index contributed by atoms with van der Waals surface area (Å²) >= 11 is 0. The molecule has 0 aromatic rings. The van der Waals surface area contributed by atoms with E-state index in [9.17, 15) is 4.79 Å². The van der Waals surface area contributed by atoms with E-state index >= 15 is 0 Å². The minimum absolute atomic E-state index is 0.104. The Balaban J connectivity index is 1.36. The third kappa shape index (κ3) is 3.49. The number of amides is 1. The van der Waals surface area contributed by atoms with Gasteiger partial charge in [-0.3, -0.25) is 9.69 Å². The van der Waals surface area contributed by atoms with Crippen molar-refractivity contribution >= 4 is 5.91 Å². The zero-order valence-corrected chi connectivity index (χ0v) is 12.1. The third-order valence-electron chi connectivity index (χ3n) is 4.69. The third-order valence-corrected chi connectivity index (χ3v) is 4.69. The molecule has 1 saturated carbocycles. The van der Waals surface area contributed by atoms with Crippen molar-refractivity contribution in [2.45, 2.75) is 31.5 Å². The van der Waals surface area contributed by atoms with Gasteiger partial charge in [0.25, 0.3) is 0 Å². The number of hydrogen-bond acceptors (Lipinski definition) is 4. The highest BCUT2D eigenvalue weighted by molar-refractivity contribution is 5.78. The fraction of sp³-hybridized carbons (Fsp3) is 0.929. The van der Waals surface area contributed by atoms with Gasteiger partial charge in [-0.05, 0) is 19.3 Å². The Morgan fingerprint density at radius 1 is 1.20 bits per heavy atom. The first-order valence-corrected chi connectivity index (χ1v) is 7.88. The van der Waals surface area contributed by atoms with Crippen molar-refractivity contribution < 1.29 is 19.6 Å². The molecule has 0 aromatic carbocycles. The van der Waals surface area contributed by atoms with Crippen LogP contribution in [0.4, 0.5) is 0 Å². The predicted octanol–water partition coefficient (Wildman–Crippen LogP) is -1.48. The lowest BCUT2D eigenvalue weighted by atomic mass is 9.85. The average molecular weight is 284 g/mol. The molecule has 3 unspecified atom stereocenters. The molecule has 3 N–H and O–H groups in total. The molecule has 6 heteroatoms. The molecule has 3 aliphatic rings. The van der Waals surface area contributed by atoms with Gasteiger partial charge in [-0.2, -0.15) is 0 Å². The Hall–Kier alpha value is -0.690. The quantitative estimate of drug-likeness (QED) is 0.661. The van der Waals surface area contributed by atoms with E-state index in [2.05, 4.69) is 15.5 Å². The smallest absolute Gasteiger partial charge is 0.223 e. The summed E-state index contributed by atoms with van der Waals surface area (Å²) in [5, 5.41) is 5.44. The van der Waals surface area contributed by atoms with Gasteiger partial charge in [0.15, 0.2) is 0 Å². The summed E-state index contributed by atoms with van der Waals surface area (Å²) in [6.07, 6.45) is 3.05. The summed E-state index contributed by atoms with van der Waals surface area (Å²) in [7, 11) is 0. The first-order chi connectivity index (χ1) is 9.83. The van der Waals surface area contributed by atoms with Gasteiger partial charge in [0.1, 0.15) is 6.79 Å². The maximum absolute atomic E-state index is 12.2. The number of nitrogens with zero attached hydrogens (tertiary/aromatic N) is 1. The van der Waals surface area contributed by atoms with Crippen LogP contribution in [0.3, 0.4) is 0 Å². The number of quaternary nitrogens is 1. The number of hydrogen-bond donors (Lipinski definition) is 2. The van der Waals surface area contributed by atoms with Crippen LogP contribution in [0.1, 0.15) is 19.3 Å². The highest BCUT2D eigenvalue weighted by Crippen LogP contribution is 2.32. The highest BCUT2D eigenvalue weighted by atomic mass is 16.7. The fourth-order valence-corrected chi connectivity index (χ4v) is 3.43. The van der Waals surface area contributed by atoms with E-state index in [1.807, 2.05) is 0 Å². The molecule has 20 heavy (non-hydrogen) atoms. The van der Waals surface area contributed by atoms with Gasteiger partial charge in [-0.1, -0.05) is 0 Å². The molecule has 0 bridgehead atoms. The van der Waals surface area contributed by atoms with Gasteiger partial charge in [-0.15, -0.1) is 0 Å². The molecule has 114 valence electrons. The second-order valence-corrected chi connectivity index (χ2v) is 6.04. The van der Waals surface area contributed by atoms with Crippen LogP contribution in [0.15, 0.2) is 0 Å². The second-order valence-electron chi connectivity index (χ2n) is 6.04. The van der Waals surface area contributed by atoms with E-state index in [0.29, 0.717) is 6.79 Å². The van der Waals surface area contributed by atoms with Crippen LogP contribution < -0.4 is 10.6 Å². The Kier molecular flexibility index (Phi) is 4.88. The van der Waals surface area contributed by atoms with Gasteiger partial charge in [0, 0.05) is 32.1 Å². The number of rotatable bonds is 4. The van der Waals surface area contributed by atoms with Crippen molar-refractivity contribution in [1.29, 1.82) is 0 Å². The summed E-state index contributed by atoms with van der Waals surface area (Å²) in [4.78, 5) is 14.6. The number of nitrogens with two attached hydrogens (primary N) is 1. The number of fused-ring (bicyclic) bond motifs is 1. The van der Waals surface area contributed by atoms with E-state index in [1.54, 1.807) is 0 Å². The number of nitrogens with one attached hydrogen (secondary N) is 1. The van der Waals surface area contributed by atoms with Gasteiger partial charge in [0.2, 0.25) is 5.91 Å². The zero-order valence-electron chi connectivity index (χ0n) is 12.1. The van der Waals surface area contributed by atoms with Gasteiger partial charge in [0.05, 0.1) is 25.3 Å². The summed E-state index contributed by atoms with van der Waals surface area (Å²) in [5.41, 5.74) is 0. The minimum Gasteiger partial charge on any atom is -0.355 e. The van der Waals surface area contributed by atoms with Crippen molar-refractivity contribution in [1.82, 2.24) is 10.2 Å². The van der Waals surface area contributed by atoms with E-state index < -0.39 is 0 Å².